The van der Waals surface area contributed by atoms with Crippen LogP contribution in [-0.2, 0) is 17.9 Å². The molecule has 0 fully saturated rings. The van der Waals surface area contributed by atoms with Gasteiger partial charge < -0.3 is 15.6 Å². The van der Waals surface area contributed by atoms with Crippen molar-refractivity contribution in [2.75, 3.05) is 0 Å². The van der Waals surface area contributed by atoms with E-state index in [1.165, 1.54) is 0 Å². The maximum absolute atomic E-state index is 11.6. The van der Waals surface area contributed by atoms with Crippen LogP contribution in [0.5, 0.6) is 0 Å². The Morgan fingerprint density at radius 1 is 1.62 bits per heavy atom. The van der Waals surface area contributed by atoms with Crippen molar-refractivity contribution < 1.29 is 4.79 Å². The van der Waals surface area contributed by atoms with E-state index in [1.807, 2.05) is 25.3 Å². The molecule has 2 unspecified atom stereocenters. The first-order valence-electron chi connectivity index (χ1n) is 5.46. The van der Waals surface area contributed by atoms with Crippen molar-refractivity contribution >= 4 is 5.91 Å². The Kier molecular flexibility index (Phi) is 4.42. The van der Waals surface area contributed by atoms with Crippen LogP contribution in [0.3, 0.4) is 0 Å². The maximum Gasteiger partial charge on any atom is 0.224 e. The highest BCUT2D eigenvalue weighted by atomic mass is 16.1. The smallest absolute Gasteiger partial charge is 0.224 e. The Bertz CT molecular complexity index is 347. The first-order valence-corrected chi connectivity index (χ1v) is 5.46. The SMILES string of the molecule is CCn1cnnc1CNC(=O)C(C)C(C)N. The molecule has 1 amide bonds. The molecule has 0 radical (unpaired) electrons. The fraction of sp³-hybridized carbons (Fsp3) is 0.700. The molecule has 0 bridgehead atoms. The fourth-order valence-electron chi connectivity index (χ4n) is 1.25. The lowest BCUT2D eigenvalue weighted by molar-refractivity contribution is -0.125. The first kappa shape index (κ1) is 12.6. The molecule has 6 heteroatoms. The number of hydrogen-bond acceptors (Lipinski definition) is 4. The van der Waals surface area contributed by atoms with Gasteiger partial charge in [0, 0.05) is 18.5 Å². The number of nitrogens with zero attached hydrogens (tertiary/aromatic N) is 3. The number of amides is 1. The Morgan fingerprint density at radius 2 is 2.31 bits per heavy atom. The molecule has 0 aliphatic rings. The molecule has 1 heterocycles. The van der Waals surface area contributed by atoms with Crippen LogP contribution in [0.15, 0.2) is 6.33 Å². The molecule has 0 saturated carbocycles. The summed E-state index contributed by atoms with van der Waals surface area (Å²) >= 11 is 0. The summed E-state index contributed by atoms with van der Waals surface area (Å²) in [6.07, 6.45) is 1.65. The van der Waals surface area contributed by atoms with Crippen LogP contribution in [0.25, 0.3) is 0 Å². The van der Waals surface area contributed by atoms with Crippen molar-refractivity contribution in [1.82, 2.24) is 20.1 Å². The summed E-state index contributed by atoms with van der Waals surface area (Å²) in [7, 11) is 0. The second kappa shape index (κ2) is 5.60. The quantitative estimate of drug-likeness (QED) is 0.732. The fourth-order valence-corrected chi connectivity index (χ4v) is 1.25. The number of carbonyl (C=O) groups excluding carboxylic acids is 1. The van der Waals surface area contributed by atoms with E-state index >= 15 is 0 Å². The number of carbonyl (C=O) groups is 1. The van der Waals surface area contributed by atoms with Gasteiger partial charge in [0.2, 0.25) is 5.91 Å². The standard InChI is InChI=1S/C10H19N5O/c1-4-15-6-13-14-9(15)5-12-10(16)7(2)8(3)11/h6-8H,4-5,11H2,1-3H3,(H,12,16). The molecular formula is C10H19N5O. The number of aromatic nitrogens is 3. The molecule has 6 nitrogen and oxygen atoms in total. The van der Waals surface area contributed by atoms with Crippen LogP contribution in [0.1, 0.15) is 26.6 Å². The van der Waals surface area contributed by atoms with Crippen molar-refractivity contribution in [3.8, 4) is 0 Å². The number of aryl methyl sites for hydroxylation is 1. The van der Waals surface area contributed by atoms with Crippen LogP contribution in [0, 0.1) is 5.92 Å². The second-order valence-electron chi connectivity index (χ2n) is 3.90. The van der Waals surface area contributed by atoms with E-state index in [-0.39, 0.29) is 17.9 Å². The number of hydrogen-bond donors (Lipinski definition) is 2. The zero-order chi connectivity index (χ0) is 12.1. The molecule has 0 spiro atoms. The second-order valence-corrected chi connectivity index (χ2v) is 3.90. The third-order valence-corrected chi connectivity index (χ3v) is 2.66. The largest absolute Gasteiger partial charge is 0.349 e. The Morgan fingerprint density at radius 3 is 2.88 bits per heavy atom. The Hall–Kier alpha value is -1.43. The van der Waals surface area contributed by atoms with Crippen molar-refractivity contribution in [3.05, 3.63) is 12.2 Å². The summed E-state index contributed by atoms with van der Waals surface area (Å²) < 4.78 is 1.89. The zero-order valence-electron chi connectivity index (χ0n) is 9.97. The monoisotopic (exact) mass is 225 g/mol. The average Bonchev–Trinajstić information content (AvgIpc) is 2.71. The molecule has 0 saturated heterocycles. The summed E-state index contributed by atoms with van der Waals surface area (Å²) in [5, 5.41) is 10.5. The third-order valence-electron chi connectivity index (χ3n) is 2.66. The van der Waals surface area contributed by atoms with E-state index in [0.29, 0.717) is 6.54 Å². The molecule has 1 rings (SSSR count). The molecule has 0 aliphatic heterocycles. The number of nitrogens with two attached hydrogens (primary N) is 1. The molecule has 1 aromatic heterocycles. The van der Waals surface area contributed by atoms with Gasteiger partial charge in [-0.05, 0) is 13.8 Å². The normalized spacial score (nSPS) is 14.5. The third kappa shape index (κ3) is 3.03. The van der Waals surface area contributed by atoms with Crippen LogP contribution in [0.2, 0.25) is 0 Å². The summed E-state index contributed by atoms with van der Waals surface area (Å²) in [4.78, 5) is 11.6. The van der Waals surface area contributed by atoms with Gasteiger partial charge in [-0.15, -0.1) is 10.2 Å². The lowest BCUT2D eigenvalue weighted by Crippen LogP contribution is -2.38. The van der Waals surface area contributed by atoms with Crippen LogP contribution >= 0.6 is 0 Å². The van der Waals surface area contributed by atoms with Gasteiger partial charge in [0.25, 0.3) is 0 Å². The predicted octanol–water partition coefficient (Wildman–Crippen LogP) is -0.102. The van der Waals surface area contributed by atoms with Crippen LogP contribution in [0.4, 0.5) is 0 Å². The minimum Gasteiger partial charge on any atom is -0.349 e. The molecule has 90 valence electrons. The van der Waals surface area contributed by atoms with Crippen molar-refractivity contribution in [2.45, 2.75) is 39.9 Å². The summed E-state index contributed by atoms with van der Waals surface area (Å²) in [6, 6.07) is -0.149. The Labute approximate surface area is 95.2 Å². The molecular weight excluding hydrogens is 206 g/mol. The summed E-state index contributed by atoms with van der Waals surface area (Å²) in [5.41, 5.74) is 5.65. The molecule has 1 aromatic rings. The van der Waals surface area contributed by atoms with Gasteiger partial charge in [-0.25, -0.2) is 0 Å². The highest BCUT2D eigenvalue weighted by Gasteiger charge is 2.17. The van der Waals surface area contributed by atoms with Gasteiger partial charge in [-0.3, -0.25) is 4.79 Å². The first-order chi connectivity index (χ1) is 7.56. The lowest BCUT2D eigenvalue weighted by atomic mass is 10.0. The van der Waals surface area contributed by atoms with Crippen molar-refractivity contribution in [3.63, 3.8) is 0 Å². The van der Waals surface area contributed by atoms with E-state index in [0.717, 1.165) is 12.4 Å². The van der Waals surface area contributed by atoms with E-state index < -0.39 is 0 Å². The van der Waals surface area contributed by atoms with Gasteiger partial charge in [0.15, 0.2) is 5.82 Å². The Balaban J connectivity index is 2.49. The van der Waals surface area contributed by atoms with E-state index in [4.69, 9.17) is 5.73 Å². The van der Waals surface area contributed by atoms with Crippen LogP contribution in [-0.4, -0.2) is 26.7 Å². The molecule has 0 aliphatic carbocycles. The molecule has 3 N–H and O–H groups in total. The van der Waals surface area contributed by atoms with E-state index in [1.54, 1.807) is 6.33 Å². The van der Waals surface area contributed by atoms with Crippen molar-refractivity contribution in [1.29, 1.82) is 0 Å². The topological polar surface area (TPSA) is 85.8 Å². The van der Waals surface area contributed by atoms with Crippen molar-refractivity contribution in [2.24, 2.45) is 11.7 Å². The molecule has 2 atom stereocenters. The predicted molar refractivity (Wildman–Crippen MR) is 60.4 cm³/mol. The van der Waals surface area contributed by atoms with E-state index in [2.05, 4.69) is 15.5 Å². The summed E-state index contributed by atoms with van der Waals surface area (Å²) in [5.74, 6) is 0.506. The molecule has 0 aromatic carbocycles. The minimum atomic E-state index is -0.196. The van der Waals surface area contributed by atoms with Gasteiger partial charge in [-0.2, -0.15) is 0 Å². The highest BCUT2D eigenvalue weighted by molar-refractivity contribution is 5.78. The average molecular weight is 225 g/mol. The number of rotatable bonds is 5. The maximum atomic E-state index is 11.6. The zero-order valence-corrected chi connectivity index (χ0v) is 9.97. The highest BCUT2D eigenvalue weighted by Crippen LogP contribution is 2.00. The number of nitrogens with one attached hydrogen (secondary N) is 1. The lowest BCUT2D eigenvalue weighted by Gasteiger charge is -2.15. The van der Waals surface area contributed by atoms with Gasteiger partial charge >= 0.3 is 0 Å². The van der Waals surface area contributed by atoms with Gasteiger partial charge in [0.05, 0.1) is 6.54 Å². The van der Waals surface area contributed by atoms with E-state index in [9.17, 15) is 4.79 Å². The summed E-state index contributed by atoms with van der Waals surface area (Å²) in [6.45, 7) is 6.81. The minimum absolute atomic E-state index is 0.0550. The molecule has 16 heavy (non-hydrogen) atoms. The van der Waals surface area contributed by atoms with Crippen LogP contribution < -0.4 is 11.1 Å². The van der Waals surface area contributed by atoms with Gasteiger partial charge in [-0.1, -0.05) is 6.92 Å². The van der Waals surface area contributed by atoms with Gasteiger partial charge in [0.1, 0.15) is 6.33 Å².